The lowest BCUT2D eigenvalue weighted by atomic mass is 10.1. The van der Waals surface area contributed by atoms with Gasteiger partial charge < -0.3 is 4.52 Å². The van der Waals surface area contributed by atoms with Gasteiger partial charge in [0, 0.05) is 11.6 Å². The average Bonchev–Trinajstić information content (AvgIpc) is 3.37. The highest BCUT2D eigenvalue weighted by Crippen LogP contribution is 2.24. The van der Waals surface area contributed by atoms with Gasteiger partial charge in [-0.1, -0.05) is 64.9 Å². The molecule has 0 saturated heterocycles. The van der Waals surface area contributed by atoms with Crippen molar-refractivity contribution in [2.45, 2.75) is 19.0 Å². The summed E-state index contributed by atoms with van der Waals surface area (Å²) in [6, 6.07) is 17.6. The van der Waals surface area contributed by atoms with Crippen LogP contribution < -0.4 is 5.32 Å². The van der Waals surface area contributed by atoms with Crippen molar-refractivity contribution in [3.63, 3.8) is 0 Å². The molecule has 2 heterocycles. The minimum absolute atomic E-state index is 0.172. The van der Waals surface area contributed by atoms with Crippen LogP contribution in [0.15, 0.2) is 70.6 Å². The Labute approximate surface area is 172 Å². The van der Waals surface area contributed by atoms with E-state index in [1.807, 2.05) is 66.9 Å². The second-order valence-corrected chi connectivity index (χ2v) is 7.49. The molecule has 7 nitrogen and oxygen atoms in total. The lowest BCUT2D eigenvalue weighted by Gasteiger charge is -2.08. The zero-order valence-electron chi connectivity index (χ0n) is 16.0. The standard InChI is InChI=1S/C21H19N5O2S/c1-14-7-9-16(10-8-14)17-11-20(28-25-17)23-19(27)12-29-21-24-22-13-26(21)18-6-4-3-5-15(18)2/h3-11,13H,12H2,1-2H3,(H,23,27). The minimum Gasteiger partial charge on any atom is -0.338 e. The first-order valence-electron chi connectivity index (χ1n) is 9.02. The Bertz CT molecular complexity index is 1130. The fourth-order valence-corrected chi connectivity index (χ4v) is 3.54. The zero-order valence-corrected chi connectivity index (χ0v) is 16.8. The van der Waals surface area contributed by atoms with Crippen molar-refractivity contribution < 1.29 is 9.32 Å². The first kappa shape index (κ1) is 18.9. The maximum Gasteiger partial charge on any atom is 0.237 e. The number of para-hydroxylation sites is 1. The Hall–Kier alpha value is -3.39. The third kappa shape index (κ3) is 4.38. The minimum atomic E-state index is -0.207. The number of carbonyl (C=O) groups excluding carboxylic acids is 1. The molecule has 0 bridgehead atoms. The lowest BCUT2D eigenvalue weighted by molar-refractivity contribution is -0.113. The van der Waals surface area contributed by atoms with E-state index in [1.165, 1.54) is 17.3 Å². The number of aromatic nitrogens is 4. The fraction of sp³-hybridized carbons (Fsp3) is 0.143. The predicted octanol–water partition coefficient (Wildman–Crippen LogP) is 4.27. The largest absolute Gasteiger partial charge is 0.338 e. The summed E-state index contributed by atoms with van der Waals surface area (Å²) >= 11 is 1.30. The van der Waals surface area contributed by atoms with Gasteiger partial charge in [-0.05, 0) is 25.5 Å². The number of benzene rings is 2. The Kier molecular flexibility index (Phi) is 5.44. The summed E-state index contributed by atoms with van der Waals surface area (Å²) in [6.45, 7) is 4.04. The van der Waals surface area contributed by atoms with Crippen LogP contribution in [0.4, 0.5) is 5.88 Å². The number of thioether (sulfide) groups is 1. The van der Waals surface area contributed by atoms with Crippen molar-refractivity contribution in [2.24, 2.45) is 0 Å². The number of nitrogens with zero attached hydrogens (tertiary/aromatic N) is 4. The smallest absolute Gasteiger partial charge is 0.237 e. The lowest BCUT2D eigenvalue weighted by Crippen LogP contribution is -2.14. The van der Waals surface area contributed by atoms with E-state index in [2.05, 4.69) is 20.7 Å². The SMILES string of the molecule is Cc1ccc(-c2cc(NC(=O)CSc3nncn3-c3ccccc3C)on2)cc1. The summed E-state index contributed by atoms with van der Waals surface area (Å²) in [4.78, 5) is 12.3. The number of nitrogens with one attached hydrogen (secondary N) is 1. The number of hydrogen-bond acceptors (Lipinski definition) is 6. The number of rotatable bonds is 6. The van der Waals surface area contributed by atoms with Gasteiger partial charge >= 0.3 is 0 Å². The molecule has 0 spiro atoms. The van der Waals surface area contributed by atoms with E-state index >= 15 is 0 Å². The molecule has 0 fully saturated rings. The van der Waals surface area contributed by atoms with E-state index in [0.29, 0.717) is 16.7 Å². The van der Waals surface area contributed by atoms with Crippen molar-refractivity contribution in [2.75, 3.05) is 11.1 Å². The van der Waals surface area contributed by atoms with Crippen molar-refractivity contribution >= 4 is 23.6 Å². The van der Waals surface area contributed by atoms with E-state index in [4.69, 9.17) is 4.52 Å². The highest BCUT2D eigenvalue weighted by Gasteiger charge is 2.13. The van der Waals surface area contributed by atoms with Crippen molar-refractivity contribution in [3.8, 4) is 16.9 Å². The maximum atomic E-state index is 12.3. The van der Waals surface area contributed by atoms with Gasteiger partial charge in [-0.15, -0.1) is 10.2 Å². The van der Waals surface area contributed by atoms with Crippen molar-refractivity contribution in [3.05, 3.63) is 72.1 Å². The van der Waals surface area contributed by atoms with Crippen LogP contribution in [0.5, 0.6) is 0 Å². The second-order valence-electron chi connectivity index (χ2n) is 6.55. The van der Waals surface area contributed by atoms with Gasteiger partial charge in [-0.25, -0.2) is 0 Å². The molecular formula is C21H19N5O2S. The average molecular weight is 405 g/mol. The zero-order chi connectivity index (χ0) is 20.2. The third-order valence-corrected chi connectivity index (χ3v) is 5.29. The molecule has 0 aliphatic rings. The van der Waals surface area contributed by atoms with Gasteiger partial charge in [-0.2, -0.15) is 0 Å². The summed E-state index contributed by atoms with van der Waals surface area (Å²) in [5.74, 6) is 0.276. The van der Waals surface area contributed by atoms with Crippen LogP contribution in [0.3, 0.4) is 0 Å². The number of aryl methyl sites for hydroxylation is 2. The van der Waals surface area contributed by atoms with Crippen molar-refractivity contribution in [1.29, 1.82) is 0 Å². The summed E-state index contributed by atoms with van der Waals surface area (Å²) in [7, 11) is 0. The molecule has 8 heteroatoms. The molecule has 0 aliphatic carbocycles. The fourth-order valence-electron chi connectivity index (χ4n) is 2.82. The van der Waals surface area contributed by atoms with Gasteiger partial charge in [0.15, 0.2) is 5.16 Å². The third-order valence-electron chi connectivity index (χ3n) is 4.34. The predicted molar refractivity (Wildman–Crippen MR) is 112 cm³/mol. The molecule has 1 N–H and O–H groups in total. The van der Waals surface area contributed by atoms with Crippen LogP contribution in [0.25, 0.3) is 16.9 Å². The van der Waals surface area contributed by atoms with E-state index in [1.54, 1.807) is 12.4 Å². The van der Waals surface area contributed by atoms with E-state index in [9.17, 15) is 4.79 Å². The normalized spacial score (nSPS) is 10.8. The molecule has 0 atom stereocenters. The second kappa shape index (κ2) is 8.32. The highest BCUT2D eigenvalue weighted by molar-refractivity contribution is 7.99. The van der Waals surface area contributed by atoms with Crippen LogP contribution >= 0.6 is 11.8 Å². The molecule has 2 aromatic heterocycles. The summed E-state index contributed by atoms with van der Waals surface area (Å²) < 4.78 is 7.11. The number of amides is 1. The molecule has 29 heavy (non-hydrogen) atoms. The number of anilines is 1. The quantitative estimate of drug-likeness (QED) is 0.482. The molecule has 0 saturated carbocycles. The molecule has 2 aromatic carbocycles. The van der Waals surface area contributed by atoms with Crippen LogP contribution in [0, 0.1) is 13.8 Å². The molecular weight excluding hydrogens is 386 g/mol. The Morgan fingerprint density at radius 2 is 1.93 bits per heavy atom. The van der Waals surface area contributed by atoms with Gasteiger partial charge in [0.05, 0.1) is 11.4 Å². The van der Waals surface area contributed by atoms with E-state index in [-0.39, 0.29) is 11.7 Å². The number of hydrogen-bond donors (Lipinski definition) is 1. The van der Waals surface area contributed by atoms with Crippen molar-refractivity contribution in [1.82, 2.24) is 19.9 Å². The first-order valence-corrected chi connectivity index (χ1v) is 10.0. The molecule has 146 valence electrons. The van der Waals surface area contributed by atoms with Gasteiger partial charge in [-0.3, -0.25) is 14.7 Å². The Morgan fingerprint density at radius 1 is 1.14 bits per heavy atom. The molecule has 0 aliphatic heterocycles. The number of carbonyl (C=O) groups is 1. The Morgan fingerprint density at radius 3 is 2.72 bits per heavy atom. The topological polar surface area (TPSA) is 85.8 Å². The Balaban J connectivity index is 1.39. The highest BCUT2D eigenvalue weighted by atomic mass is 32.2. The monoisotopic (exact) mass is 405 g/mol. The molecule has 0 radical (unpaired) electrons. The van der Waals surface area contributed by atoms with Gasteiger partial charge in [0.2, 0.25) is 11.8 Å². The van der Waals surface area contributed by atoms with Crippen LogP contribution in [0.2, 0.25) is 0 Å². The molecule has 4 rings (SSSR count). The van der Waals surface area contributed by atoms with Gasteiger partial charge in [0.1, 0.15) is 12.0 Å². The summed E-state index contributed by atoms with van der Waals surface area (Å²) in [5.41, 5.74) is 4.86. The molecule has 4 aromatic rings. The summed E-state index contributed by atoms with van der Waals surface area (Å²) in [5, 5.41) is 15.5. The van der Waals surface area contributed by atoms with E-state index < -0.39 is 0 Å². The van der Waals surface area contributed by atoms with Crippen LogP contribution in [0.1, 0.15) is 11.1 Å². The molecule has 0 unspecified atom stereocenters. The summed E-state index contributed by atoms with van der Waals surface area (Å²) in [6.07, 6.45) is 1.65. The molecule has 1 amide bonds. The van der Waals surface area contributed by atoms with E-state index in [0.717, 1.165) is 16.8 Å². The van der Waals surface area contributed by atoms with Crippen LogP contribution in [-0.2, 0) is 4.79 Å². The van der Waals surface area contributed by atoms with Crippen LogP contribution in [-0.4, -0.2) is 31.6 Å². The first-order chi connectivity index (χ1) is 14.1. The van der Waals surface area contributed by atoms with Gasteiger partial charge in [0.25, 0.3) is 0 Å². The maximum absolute atomic E-state index is 12.3.